The van der Waals surface area contributed by atoms with Gasteiger partial charge in [-0.05, 0) is 57.4 Å². The first-order chi connectivity index (χ1) is 16.6. The summed E-state index contributed by atoms with van der Waals surface area (Å²) in [6.07, 6.45) is 15.6. The third kappa shape index (κ3) is 13.8. The molecule has 1 aliphatic rings. The van der Waals surface area contributed by atoms with Gasteiger partial charge in [0, 0.05) is 32.2 Å². The van der Waals surface area contributed by atoms with Crippen LogP contribution in [0.25, 0.3) is 0 Å². The van der Waals surface area contributed by atoms with Crippen LogP contribution in [0.15, 0.2) is 49.1 Å². The second-order valence-electron chi connectivity index (χ2n) is 9.82. The Labute approximate surface area is 219 Å². The molecule has 0 saturated carbocycles. The lowest BCUT2D eigenvalue weighted by Crippen LogP contribution is -2.52. The van der Waals surface area contributed by atoms with Crippen LogP contribution < -0.4 is 0 Å². The van der Waals surface area contributed by atoms with E-state index in [-0.39, 0.29) is 11.5 Å². The van der Waals surface area contributed by atoms with Gasteiger partial charge in [0.25, 0.3) is 0 Å². The van der Waals surface area contributed by atoms with Gasteiger partial charge < -0.3 is 9.64 Å². The van der Waals surface area contributed by atoms with E-state index in [0.717, 1.165) is 45.4 Å². The number of ether oxygens (including phenoxy) is 1. The Bertz CT molecular complexity index is 637. The monoisotopic (exact) mass is 490 g/mol. The van der Waals surface area contributed by atoms with E-state index in [2.05, 4.69) is 51.0 Å². The van der Waals surface area contributed by atoms with E-state index in [1.165, 1.54) is 18.4 Å². The van der Waals surface area contributed by atoms with Crippen molar-refractivity contribution in [3.05, 3.63) is 49.1 Å². The summed E-state index contributed by atoms with van der Waals surface area (Å²) in [5.74, 6) is 0. The summed E-state index contributed by atoms with van der Waals surface area (Å²) in [4.78, 5) is 16.7. The minimum absolute atomic E-state index is 0.140. The van der Waals surface area contributed by atoms with Gasteiger partial charge in [-0.2, -0.15) is 0 Å². The second-order valence-corrected chi connectivity index (χ2v) is 9.82. The van der Waals surface area contributed by atoms with Crippen LogP contribution in [-0.4, -0.2) is 53.7 Å². The van der Waals surface area contributed by atoms with Crippen molar-refractivity contribution >= 4 is 6.09 Å². The molecule has 0 aromatic carbocycles. The molecule has 0 aromatic heterocycles. The van der Waals surface area contributed by atoms with Crippen LogP contribution in [0.2, 0.25) is 0 Å². The lowest BCUT2D eigenvalue weighted by atomic mass is 9.75. The van der Waals surface area contributed by atoms with Crippen molar-refractivity contribution in [2.24, 2.45) is 5.41 Å². The first-order valence-electron chi connectivity index (χ1n) is 13.9. The van der Waals surface area contributed by atoms with Crippen molar-refractivity contribution < 1.29 is 9.53 Å². The minimum Gasteiger partial charge on any atom is -0.444 e. The molecule has 1 fully saturated rings. The zero-order valence-corrected chi connectivity index (χ0v) is 25.0. The molecule has 1 heterocycles. The maximum absolute atomic E-state index is 12.3. The quantitative estimate of drug-likeness (QED) is 0.271. The van der Waals surface area contributed by atoms with Crippen molar-refractivity contribution in [3.63, 3.8) is 0 Å². The summed E-state index contributed by atoms with van der Waals surface area (Å²) in [6.45, 7) is 31.8. The predicted molar refractivity (Wildman–Crippen MR) is 156 cm³/mol. The molecule has 1 aliphatic heterocycles. The third-order valence-electron chi connectivity index (χ3n) is 6.44. The highest BCUT2D eigenvalue weighted by molar-refractivity contribution is 5.68. The molecule has 204 valence electrons. The molecule has 0 radical (unpaired) electrons. The fourth-order valence-corrected chi connectivity index (χ4v) is 4.25. The van der Waals surface area contributed by atoms with Crippen LogP contribution in [0.1, 0.15) is 101 Å². The Kier molecular flexibility index (Phi) is 19.6. The van der Waals surface area contributed by atoms with Crippen LogP contribution in [0.4, 0.5) is 4.79 Å². The number of amides is 1. The van der Waals surface area contributed by atoms with E-state index < -0.39 is 5.60 Å². The Morgan fingerprint density at radius 2 is 1.54 bits per heavy atom. The van der Waals surface area contributed by atoms with Crippen molar-refractivity contribution in [2.75, 3.05) is 26.2 Å². The van der Waals surface area contributed by atoms with Gasteiger partial charge in [-0.25, -0.2) is 4.79 Å². The van der Waals surface area contributed by atoms with Gasteiger partial charge in [0.05, 0.1) is 0 Å². The van der Waals surface area contributed by atoms with Crippen LogP contribution in [0, 0.1) is 5.41 Å². The Hall–Kier alpha value is -1.81. The minimum atomic E-state index is -0.438. The Morgan fingerprint density at radius 3 is 1.97 bits per heavy atom. The van der Waals surface area contributed by atoms with E-state index in [1.54, 1.807) is 6.08 Å². The SMILES string of the molecule is C=C/C=C\C=C(/C=C)C(C)(CC)CCCC(CC)N1CCN(C(=O)OC(C)(C)C)CC1.CC.CC. The molecule has 0 spiro atoms. The number of rotatable bonds is 11. The largest absolute Gasteiger partial charge is 0.444 e. The van der Waals surface area contributed by atoms with Crippen LogP contribution >= 0.6 is 0 Å². The lowest BCUT2D eigenvalue weighted by molar-refractivity contribution is 0.00940. The molecule has 1 saturated heterocycles. The predicted octanol–water partition coefficient (Wildman–Crippen LogP) is 8.81. The maximum Gasteiger partial charge on any atom is 0.410 e. The second kappa shape index (κ2) is 19.4. The summed E-state index contributed by atoms with van der Waals surface area (Å²) in [5.41, 5.74) is 1.000. The Balaban J connectivity index is 0. The van der Waals surface area contributed by atoms with E-state index in [1.807, 2.05) is 65.5 Å². The number of piperazine rings is 1. The summed E-state index contributed by atoms with van der Waals surface area (Å²) >= 11 is 0. The number of hydrogen-bond acceptors (Lipinski definition) is 3. The topological polar surface area (TPSA) is 32.8 Å². The van der Waals surface area contributed by atoms with Crippen molar-refractivity contribution in [1.82, 2.24) is 9.80 Å². The summed E-state index contributed by atoms with van der Waals surface area (Å²) in [6, 6.07) is 0.568. The molecular formula is C31H58N2O2. The van der Waals surface area contributed by atoms with E-state index >= 15 is 0 Å². The van der Waals surface area contributed by atoms with Gasteiger partial charge in [-0.15, -0.1) is 0 Å². The summed E-state index contributed by atoms with van der Waals surface area (Å²) in [7, 11) is 0. The highest BCUT2D eigenvalue weighted by Gasteiger charge is 2.29. The molecule has 0 bridgehead atoms. The molecule has 0 aliphatic carbocycles. The number of hydrogen-bond donors (Lipinski definition) is 0. The molecule has 2 atom stereocenters. The number of carbonyl (C=O) groups excluding carboxylic acids is 1. The summed E-state index contributed by atoms with van der Waals surface area (Å²) < 4.78 is 5.53. The number of carbonyl (C=O) groups is 1. The van der Waals surface area contributed by atoms with Gasteiger partial charge in [0.2, 0.25) is 0 Å². The first-order valence-corrected chi connectivity index (χ1v) is 13.9. The zero-order chi connectivity index (χ0) is 27.5. The van der Waals surface area contributed by atoms with Gasteiger partial charge in [-0.1, -0.05) is 98.4 Å². The summed E-state index contributed by atoms with van der Waals surface area (Å²) in [5, 5.41) is 0. The molecule has 4 nitrogen and oxygen atoms in total. The van der Waals surface area contributed by atoms with Crippen LogP contribution in [0.5, 0.6) is 0 Å². The highest BCUT2D eigenvalue weighted by atomic mass is 16.6. The van der Waals surface area contributed by atoms with Gasteiger partial charge >= 0.3 is 6.09 Å². The fraction of sp³-hybridized carbons (Fsp3) is 0.710. The van der Waals surface area contributed by atoms with Gasteiger partial charge in [0.15, 0.2) is 0 Å². The van der Waals surface area contributed by atoms with E-state index in [0.29, 0.717) is 6.04 Å². The number of nitrogens with zero attached hydrogens (tertiary/aromatic N) is 2. The maximum atomic E-state index is 12.3. The molecule has 4 heteroatoms. The molecule has 1 rings (SSSR count). The third-order valence-corrected chi connectivity index (χ3v) is 6.44. The number of allylic oxidation sites excluding steroid dienone is 6. The molecule has 0 aromatic rings. The lowest BCUT2D eigenvalue weighted by Gasteiger charge is -2.40. The normalized spacial score (nSPS) is 17.3. The van der Waals surface area contributed by atoms with E-state index in [9.17, 15) is 4.79 Å². The van der Waals surface area contributed by atoms with Crippen molar-refractivity contribution in [1.29, 1.82) is 0 Å². The van der Waals surface area contributed by atoms with Crippen LogP contribution in [0.3, 0.4) is 0 Å². The molecule has 1 amide bonds. The van der Waals surface area contributed by atoms with Crippen molar-refractivity contribution in [3.8, 4) is 0 Å². The molecule has 0 N–H and O–H groups in total. The van der Waals surface area contributed by atoms with Crippen molar-refractivity contribution in [2.45, 2.75) is 113 Å². The van der Waals surface area contributed by atoms with Crippen LogP contribution in [-0.2, 0) is 4.74 Å². The first kappa shape index (κ1) is 35.4. The average Bonchev–Trinajstić information content (AvgIpc) is 2.86. The fourth-order valence-electron chi connectivity index (χ4n) is 4.25. The highest BCUT2D eigenvalue weighted by Crippen LogP contribution is 2.37. The Morgan fingerprint density at radius 1 is 0.971 bits per heavy atom. The van der Waals surface area contributed by atoms with E-state index in [4.69, 9.17) is 4.74 Å². The zero-order valence-electron chi connectivity index (χ0n) is 25.0. The molecule has 35 heavy (non-hydrogen) atoms. The molecule has 2 unspecified atom stereocenters. The van der Waals surface area contributed by atoms with Gasteiger partial charge in [0.1, 0.15) is 5.60 Å². The smallest absolute Gasteiger partial charge is 0.410 e. The van der Waals surface area contributed by atoms with Gasteiger partial charge in [-0.3, -0.25) is 4.90 Å². The molecular weight excluding hydrogens is 432 g/mol. The average molecular weight is 491 g/mol. The standard InChI is InChI=1S/C27H46N2O2.2C2H6/c1-9-13-14-16-23(10-2)27(8,12-4)18-15-17-24(11-3)28-19-21-29(22-20-28)25(30)31-26(5,6)7;2*1-2/h9-10,13-14,16,24H,1-2,11-12,15,17-22H2,3-8H3;2*1-2H3/b14-13-,23-16+;;.